The van der Waals surface area contributed by atoms with Crippen molar-refractivity contribution in [2.24, 2.45) is 0 Å². The Morgan fingerprint density at radius 1 is 1.00 bits per heavy atom. The molecule has 1 aliphatic heterocycles. The summed E-state index contributed by atoms with van der Waals surface area (Å²) in [5, 5.41) is 0. The van der Waals surface area contributed by atoms with E-state index in [-0.39, 0.29) is 37.7 Å². The van der Waals surface area contributed by atoms with Crippen molar-refractivity contribution >= 4 is 11.9 Å². The molecule has 1 saturated heterocycles. The molecule has 0 radical (unpaired) electrons. The van der Waals surface area contributed by atoms with Gasteiger partial charge in [-0.1, -0.05) is 18.2 Å². The number of para-hydroxylation sites is 1. The second-order valence-electron chi connectivity index (χ2n) is 4.97. The van der Waals surface area contributed by atoms with Gasteiger partial charge in [-0.3, -0.25) is 9.59 Å². The molecule has 6 heteroatoms. The number of carbonyl (C=O) groups excluding carboxylic acids is 2. The predicted octanol–water partition coefficient (Wildman–Crippen LogP) is 2.07. The van der Waals surface area contributed by atoms with Crippen LogP contribution in [0.15, 0.2) is 30.3 Å². The van der Waals surface area contributed by atoms with Crippen LogP contribution in [0.4, 0.5) is 0 Å². The average molecular weight is 308 g/mol. The Hall–Kier alpha value is -1.92. The van der Waals surface area contributed by atoms with Gasteiger partial charge in [0.05, 0.1) is 13.2 Å². The van der Waals surface area contributed by atoms with E-state index in [4.69, 9.17) is 18.9 Å². The van der Waals surface area contributed by atoms with Crippen LogP contribution in [0.5, 0.6) is 5.75 Å². The molecule has 0 amide bonds. The van der Waals surface area contributed by atoms with E-state index in [1.165, 1.54) is 0 Å². The zero-order chi connectivity index (χ0) is 15.6. The minimum absolute atomic E-state index is 0.248. The van der Waals surface area contributed by atoms with Crippen molar-refractivity contribution in [1.29, 1.82) is 0 Å². The van der Waals surface area contributed by atoms with E-state index in [1.807, 2.05) is 6.07 Å². The largest absolute Gasteiger partial charge is 0.457 e. The fraction of sp³-hybridized carbons (Fsp3) is 0.500. The highest BCUT2D eigenvalue weighted by atomic mass is 16.7. The third-order valence-electron chi connectivity index (χ3n) is 3.06. The normalized spacial score (nSPS) is 15.3. The molecule has 120 valence electrons. The molecule has 0 aliphatic carbocycles. The van der Waals surface area contributed by atoms with E-state index in [2.05, 4.69) is 0 Å². The number of unbranched alkanes of at least 4 members (excludes halogenated alkanes) is 1. The highest BCUT2D eigenvalue weighted by molar-refractivity contribution is 5.72. The number of hydrogen-bond acceptors (Lipinski definition) is 6. The predicted molar refractivity (Wildman–Crippen MR) is 77.2 cm³/mol. The summed E-state index contributed by atoms with van der Waals surface area (Å²) in [6, 6.07) is 8.91. The monoisotopic (exact) mass is 308 g/mol. The van der Waals surface area contributed by atoms with E-state index < -0.39 is 0 Å². The van der Waals surface area contributed by atoms with E-state index in [9.17, 15) is 9.59 Å². The Morgan fingerprint density at radius 3 is 2.32 bits per heavy atom. The molecule has 6 nitrogen and oxygen atoms in total. The maximum atomic E-state index is 11.6. The maximum Gasteiger partial charge on any atom is 0.311 e. The third-order valence-corrected chi connectivity index (χ3v) is 3.06. The van der Waals surface area contributed by atoms with Crippen molar-refractivity contribution in [1.82, 2.24) is 0 Å². The van der Waals surface area contributed by atoms with Gasteiger partial charge in [0.2, 0.25) is 0 Å². The molecule has 0 unspecified atom stereocenters. The molecule has 0 saturated carbocycles. The smallest absolute Gasteiger partial charge is 0.311 e. The van der Waals surface area contributed by atoms with Crippen molar-refractivity contribution < 1.29 is 28.5 Å². The van der Waals surface area contributed by atoms with Crippen LogP contribution in [-0.2, 0) is 23.8 Å². The van der Waals surface area contributed by atoms with Crippen LogP contribution in [0.25, 0.3) is 0 Å². The number of ether oxygens (including phenoxy) is 4. The summed E-state index contributed by atoms with van der Waals surface area (Å²) in [4.78, 5) is 23.2. The Labute approximate surface area is 129 Å². The first kappa shape index (κ1) is 16.5. The summed E-state index contributed by atoms with van der Waals surface area (Å²) in [5.41, 5.74) is 0. The summed E-state index contributed by atoms with van der Waals surface area (Å²) in [7, 11) is 0. The Morgan fingerprint density at radius 2 is 1.64 bits per heavy atom. The van der Waals surface area contributed by atoms with Gasteiger partial charge in [-0.2, -0.15) is 0 Å². The van der Waals surface area contributed by atoms with Gasteiger partial charge in [-0.25, -0.2) is 0 Å². The fourth-order valence-electron chi connectivity index (χ4n) is 1.99. The molecular formula is C16H20O6. The molecule has 0 aromatic heterocycles. The van der Waals surface area contributed by atoms with Crippen molar-refractivity contribution in [3.63, 3.8) is 0 Å². The van der Waals surface area contributed by atoms with Gasteiger partial charge in [-0.05, 0) is 25.0 Å². The van der Waals surface area contributed by atoms with Gasteiger partial charge in [0.15, 0.2) is 0 Å². The lowest BCUT2D eigenvalue weighted by atomic mass is 10.2. The lowest BCUT2D eigenvalue weighted by Crippen LogP contribution is -2.33. The molecule has 1 fully saturated rings. The summed E-state index contributed by atoms with van der Waals surface area (Å²) in [5.74, 6) is -0.0617. The first-order valence-electron chi connectivity index (χ1n) is 7.35. The lowest BCUT2D eigenvalue weighted by molar-refractivity contribution is -0.183. The van der Waals surface area contributed by atoms with E-state index in [1.54, 1.807) is 24.3 Å². The van der Waals surface area contributed by atoms with Gasteiger partial charge in [0, 0.05) is 12.8 Å². The molecule has 1 aromatic rings. The van der Waals surface area contributed by atoms with Crippen LogP contribution in [0.1, 0.15) is 25.7 Å². The second-order valence-corrected chi connectivity index (χ2v) is 4.97. The Balaban J connectivity index is 1.54. The van der Waals surface area contributed by atoms with Crippen LogP contribution in [0.2, 0.25) is 0 Å². The molecular weight excluding hydrogens is 288 g/mol. The molecule has 1 aliphatic rings. The molecule has 1 aromatic carbocycles. The van der Waals surface area contributed by atoms with Crippen LogP contribution in [-0.4, -0.2) is 38.0 Å². The SMILES string of the molecule is O=C(CCCCC(=O)OC1COCOC1)Oc1ccccc1. The minimum atomic E-state index is -0.329. The van der Waals surface area contributed by atoms with Crippen molar-refractivity contribution in [3.8, 4) is 5.75 Å². The standard InChI is InChI=1S/C16H20O6/c17-15(21-13-6-2-1-3-7-13)8-4-5-9-16(18)22-14-10-19-12-20-11-14/h1-3,6-7,14H,4-5,8-12H2. The topological polar surface area (TPSA) is 71.1 Å². The van der Waals surface area contributed by atoms with Gasteiger partial charge < -0.3 is 18.9 Å². The molecule has 2 rings (SSSR count). The highest BCUT2D eigenvalue weighted by Gasteiger charge is 2.18. The summed E-state index contributed by atoms with van der Waals surface area (Å²) < 4.78 is 20.4. The molecule has 22 heavy (non-hydrogen) atoms. The minimum Gasteiger partial charge on any atom is -0.457 e. The van der Waals surface area contributed by atoms with Crippen molar-refractivity contribution in [3.05, 3.63) is 30.3 Å². The summed E-state index contributed by atoms with van der Waals surface area (Å²) >= 11 is 0. The third kappa shape index (κ3) is 6.24. The average Bonchev–Trinajstić information content (AvgIpc) is 2.53. The van der Waals surface area contributed by atoms with Crippen molar-refractivity contribution in [2.75, 3.05) is 20.0 Å². The van der Waals surface area contributed by atoms with Gasteiger partial charge in [0.25, 0.3) is 0 Å². The summed E-state index contributed by atoms with van der Waals surface area (Å²) in [6.07, 6.45) is 1.38. The van der Waals surface area contributed by atoms with Crippen LogP contribution < -0.4 is 4.74 Å². The number of esters is 2. The van der Waals surface area contributed by atoms with Gasteiger partial charge in [-0.15, -0.1) is 0 Å². The molecule has 0 atom stereocenters. The molecule has 0 N–H and O–H groups in total. The quantitative estimate of drug-likeness (QED) is 0.436. The van der Waals surface area contributed by atoms with E-state index in [0.717, 1.165) is 0 Å². The van der Waals surface area contributed by atoms with Crippen LogP contribution >= 0.6 is 0 Å². The Kier molecular flexibility index (Phi) is 6.86. The first-order valence-corrected chi connectivity index (χ1v) is 7.35. The molecule has 1 heterocycles. The Bertz CT molecular complexity index is 467. The number of benzene rings is 1. The number of rotatable bonds is 7. The zero-order valence-corrected chi connectivity index (χ0v) is 12.4. The fourth-order valence-corrected chi connectivity index (χ4v) is 1.99. The second kappa shape index (κ2) is 9.17. The number of carbonyl (C=O) groups is 2. The number of hydrogen-bond donors (Lipinski definition) is 0. The van der Waals surface area contributed by atoms with E-state index in [0.29, 0.717) is 31.8 Å². The van der Waals surface area contributed by atoms with E-state index >= 15 is 0 Å². The molecule has 0 bridgehead atoms. The van der Waals surface area contributed by atoms with Gasteiger partial charge >= 0.3 is 11.9 Å². The lowest BCUT2D eigenvalue weighted by Gasteiger charge is -2.22. The maximum absolute atomic E-state index is 11.6. The first-order chi connectivity index (χ1) is 10.7. The molecule has 0 spiro atoms. The van der Waals surface area contributed by atoms with Crippen LogP contribution in [0, 0.1) is 0 Å². The summed E-state index contributed by atoms with van der Waals surface area (Å²) in [6.45, 7) is 0.988. The highest BCUT2D eigenvalue weighted by Crippen LogP contribution is 2.11. The van der Waals surface area contributed by atoms with Crippen molar-refractivity contribution in [2.45, 2.75) is 31.8 Å². The zero-order valence-electron chi connectivity index (χ0n) is 12.4. The van der Waals surface area contributed by atoms with Gasteiger partial charge in [0.1, 0.15) is 18.6 Å². The van der Waals surface area contributed by atoms with Crippen LogP contribution in [0.3, 0.4) is 0 Å².